The van der Waals surface area contributed by atoms with E-state index in [-0.39, 0.29) is 18.7 Å². The molecule has 0 saturated carbocycles. The first-order valence-electron chi connectivity index (χ1n) is 11.2. The number of carbonyl (C=O) groups is 1. The Labute approximate surface area is 197 Å². The number of esters is 1. The Morgan fingerprint density at radius 2 is 2.03 bits per heavy atom. The summed E-state index contributed by atoms with van der Waals surface area (Å²) in [6.45, 7) is -0.430. The SMILES string of the molecule is Nc1nc(COC(=O)Cn2cnc3c(oc4ccccc43)c2=O)nc2sc3c(c12)CCCCC3. The highest BCUT2D eigenvalue weighted by Crippen LogP contribution is 2.37. The Bertz CT molecular complexity index is 1630. The van der Waals surface area contributed by atoms with Gasteiger partial charge in [0.2, 0.25) is 5.58 Å². The summed E-state index contributed by atoms with van der Waals surface area (Å²) in [6.07, 6.45) is 6.90. The Hall–Kier alpha value is -3.79. The van der Waals surface area contributed by atoms with Crippen LogP contribution in [-0.4, -0.2) is 25.5 Å². The number of nitrogen functional groups attached to an aromatic ring is 1. The van der Waals surface area contributed by atoms with E-state index in [9.17, 15) is 9.59 Å². The number of nitrogens with two attached hydrogens (primary N) is 1. The van der Waals surface area contributed by atoms with Crippen LogP contribution in [0.1, 0.15) is 35.5 Å². The molecule has 1 aliphatic carbocycles. The normalized spacial score (nSPS) is 13.9. The number of rotatable bonds is 4. The summed E-state index contributed by atoms with van der Waals surface area (Å²) < 4.78 is 12.2. The number of benzene rings is 1. The molecule has 5 aromatic rings. The largest absolute Gasteiger partial charge is 0.456 e. The Balaban J connectivity index is 1.20. The zero-order valence-corrected chi connectivity index (χ0v) is 19.1. The Morgan fingerprint density at radius 3 is 2.94 bits per heavy atom. The fourth-order valence-corrected chi connectivity index (χ4v) is 5.82. The van der Waals surface area contributed by atoms with Gasteiger partial charge in [-0.25, -0.2) is 15.0 Å². The summed E-state index contributed by atoms with van der Waals surface area (Å²) in [7, 11) is 0. The molecule has 0 atom stereocenters. The van der Waals surface area contributed by atoms with Gasteiger partial charge in [-0.05, 0) is 43.4 Å². The van der Waals surface area contributed by atoms with Crippen LogP contribution >= 0.6 is 11.3 Å². The number of ether oxygens (including phenoxy) is 1. The third kappa shape index (κ3) is 3.50. The third-order valence-electron chi connectivity index (χ3n) is 6.15. The molecule has 4 aromatic heterocycles. The molecular formula is C24H21N5O4S. The number of nitrogens with zero attached hydrogens (tertiary/aromatic N) is 4. The van der Waals surface area contributed by atoms with Gasteiger partial charge in [-0.3, -0.25) is 14.2 Å². The zero-order chi connectivity index (χ0) is 23.2. The number of aryl methyl sites for hydroxylation is 2. The molecule has 0 amide bonds. The van der Waals surface area contributed by atoms with Crippen molar-refractivity contribution in [2.75, 3.05) is 5.73 Å². The number of anilines is 1. The van der Waals surface area contributed by atoms with E-state index in [1.165, 1.54) is 34.2 Å². The van der Waals surface area contributed by atoms with Crippen LogP contribution in [0.25, 0.3) is 32.3 Å². The van der Waals surface area contributed by atoms with E-state index < -0.39 is 11.5 Å². The molecule has 0 fully saturated rings. The molecular weight excluding hydrogens is 454 g/mol. The standard InChI is InChI=1S/C24H21N5O4S/c25-22-19-14-7-2-1-3-9-16(14)34-23(19)28-17(27-22)11-32-18(30)10-29-12-26-20-13-6-4-5-8-15(13)33-21(20)24(29)31/h4-6,8,12H,1-3,7,9-11H2,(H2,25,27,28). The van der Waals surface area contributed by atoms with Crippen LogP contribution in [0.15, 0.2) is 39.8 Å². The lowest BCUT2D eigenvalue weighted by atomic mass is 10.1. The lowest BCUT2D eigenvalue weighted by Crippen LogP contribution is -2.25. The molecule has 34 heavy (non-hydrogen) atoms. The second kappa shape index (κ2) is 8.21. The first kappa shape index (κ1) is 20.8. The summed E-state index contributed by atoms with van der Waals surface area (Å²) in [5.74, 6) is 0.155. The molecule has 9 nitrogen and oxygen atoms in total. The number of hydrogen-bond donors (Lipinski definition) is 1. The summed E-state index contributed by atoms with van der Waals surface area (Å²) in [5.41, 5.74) is 8.23. The maximum atomic E-state index is 12.8. The van der Waals surface area contributed by atoms with E-state index in [2.05, 4.69) is 15.0 Å². The van der Waals surface area contributed by atoms with Crippen molar-refractivity contribution in [2.24, 2.45) is 0 Å². The quantitative estimate of drug-likeness (QED) is 0.308. The van der Waals surface area contributed by atoms with E-state index in [1.807, 2.05) is 18.2 Å². The molecule has 2 N–H and O–H groups in total. The zero-order valence-electron chi connectivity index (χ0n) is 18.2. The van der Waals surface area contributed by atoms with Crippen molar-refractivity contribution in [3.05, 3.63) is 57.2 Å². The van der Waals surface area contributed by atoms with Crippen molar-refractivity contribution in [1.82, 2.24) is 19.5 Å². The topological polar surface area (TPSA) is 126 Å². The first-order valence-corrected chi connectivity index (χ1v) is 12.0. The average molecular weight is 476 g/mol. The number of para-hydroxylation sites is 1. The highest BCUT2D eigenvalue weighted by atomic mass is 32.1. The van der Waals surface area contributed by atoms with E-state index in [0.717, 1.165) is 34.9 Å². The van der Waals surface area contributed by atoms with E-state index in [4.69, 9.17) is 14.9 Å². The van der Waals surface area contributed by atoms with E-state index >= 15 is 0 Å². The molecule has 0 saturated heterocycles. The number of hydrogen-bond acceptors (Lipinski definition) is 9. The van der Waals surface area contributed by atoms with Gasteiger partial charge in [-0.15, -0.1) is 11.3 Å². The smallest absolute Gasteiger partial charge is 0.326 e. The Kier molecular flexibility index (Phi) is 5.02. The van der Waals surface area contributed by atoms with Crippen molar-refractivity contribution in [3.63, 3.8) is 0 Å². The fraction of sp³-hybridized carbons (Fsp3) is 0.292. The predicted octanol–water partition coefficient (Wildman–Crippen LogP) is 3.74. The minimum Gasteiger partial charge on any atom is -0.456 e. The highest BCUT2D eigenvalue weighted by molar-refractivity contribution is 7.19. The molecule has 1 aromatic carbocycles. The molecule has 6 rings (SSSR count). The van der Waals surface area contributed by atoms with Crippen LogP contribution in [0.2, 0.25) is 0 Å². The summed E-state index contributed by atoms with van der Waals surface area (Å²) in [6, 6.07) is 7.27. The lowest BCUT2D eigenvalue weighted by Gasteiger charge is -2.07. The minimum atomic E-state index is -0.608. The summed E-state index contributed by atoms with van der Waals surface area (Å²) in [4.78, 5) is 40.7. The minimum absolute atomic E-state index is 0.107. The van der Waals surface area contributed by atoms with Gasteiger partial charge in [0, 0.05) is 10.3 Å². The molecule has 0 aliphatic heterocycles. The molecule has 0 unspecified atom stereocenters. The lowest BCUT2D eigenvalue weighted by molar-refractivity contribution is -0.146. The van der Waals surface area contributed by atoms with Gasteiger partial charge < -0.3 is 14.9 Å². The van der Waals surface area contributed by atoms with Crippen LogP contribution in [0.4, 0.5) is 5.82 Å². The Morgan fingerprint density at radius 1 is 1.18 bits per heavy atom. The maximum absolute atomic E-state index is 12.8. The van der Waals surface area contributed by atoms with Crippen molar-refractivity contribution in [3.8, 4) is 0 Å². The first-order chi connectivity index (χ1) is 16.6. The summed E-state index contributed by atoms with van der Waals surface area (Å²) in [5, 5.41) is 1.69. The van der Waals surface area contributed by atoms with Gasteiger partial charge in [-0.1, -0.05) is 18.6 Å². The number of fused-ring (bicyclic) bond motifs is 6. The van der Waals surface area contributed by atoms with Gasteiger partial charge in [-0.2, -0.15) is 0 Å². The summed E-state index contributed by atoms with van der Waals surface area (Å²) >= 11 is 1.65. The number of thiophene rings is 1. The van der Waals surface area contributed by atoms with Crippen LogP contribution in [0, 0.1) is 0 Å². The van der Waals surface area contributed by atoms with Gasteiger partial charge in [0.25, 0.3) is 5.56 Å². The number of carbonyl (C=O) groups excluding carboxylic acids is 1. The molecule has 4 heterocycles. The fourth-order valence-electron chi connectivity index (χ4n) is 4.53. The van der Waals surface area contributed by atoms with Crippen LogP contribution in [0.5, 0.6) is 0 Å². The van der Waals surface area contributed by atoms with E-state index in [0.29, 0.717) is 22.7 Å². The average Bonchev–Trinajstić information content (AvgIpc) is 3.30. The van der Waals surface area contributed by atoms with Crippen molar-refractivity contribution < 1.29 is 13.9 Å². The van der Waals surface area contributed by atoms with Crippen LogP contribution in [-0.2, 0) is 35.5 Å². The highest BCUT2D eigenvalue weighted by Gasteiger charge is 2.20. The predicted molar refractivity (Wildman–Crippen MR) is 129 cm³/mol. The molecule has 0 radical (unpaired) electrons. The van der Waals surface area contributed by atoms with E-state index in [1.54, 1.807) is 17.4 Å². The molecule has 0 spiro atoms. The maximum Gasteiger partial charge on any atom is 0.326 e. The second-order valence-electron chi connectivity index (χ2n) is 8.38. The molecule has 10 heteroatoms. The molecule has 0 bridgehead atoms. The number of furan rings is 1. The van der Waals surface area contributed by atoms with Crippen molar-refractivity contribution >= 4 is 55.4 Å². The van der Waals surface area contributed by atoms with Crippen molar-refractivity contribution in [2.45, 2.75) is 45.3 Å². The second-order valence-corrected chi connectivity index (χ2v) is 9.47. The van der Waals surface area contributed by atoms with Crippen LogP contribution in [0.3, 0.4) is 0 Å². The third-order valence-corrected chi connectivity index (χ3v) is 7.34. The number of aromatic nitrogens is 4. The molecule has 1 aliphatic rings. The monoisotopic (exact) mass is 475 g/mol. The van der Waals surface area contributed by atoms with Gasteiger partial charge >= 0.3 is 5.97 Å². The molecule has 172 valence electrons. The van der Waals surface area contributed by atoms with Crippen molar-refractivity contribution in [1.29, 1.82) is 0 Å². The van der Waals surface area contributed by atoms with Crippen LogP contribution < -0.4 is 11.3 Å². The van der Waals surface area contributed by atoms with Gasteiger partial charge in [0.05, 0.1) is 11.7 Å². The van der Waals surface area contributed by atoms with Gasteiger partial charge in [0.15, 0.2) is 12.4 Å². The van der Waals surface area contributed by atoms with Gasteiger partial charge in [0.1, 0.15) is 28.3 Å².